The monoisotopic (exact) mass is 368 g/mol. The van der Waals surface area contributed by atoms with E-state index in [0.717, 1.165) is 24.1 Å². The normalized spacial score (nSPS) is 13.6. The highest BCUT2D eigenvalue weighted by Gasteiger charge is 2.20. The summed E-state index contributed by atoms with van der Waals surface area (Å²) in [6.45, 7) is 1.72. The molecular weight excluding hydrogens is 344 g/mol. The summed E-state index contributed by atoms with van der Waals surface area (Å²) in [6, 6.07) is 13.0. The predicted molar refractivity (Wildman–Crippen MR) is 102 cm³/mol. The van der Waals surface area contributed by atoms with E-state index in [4.69, 9.17) is 9.47 Å². The molecule has 3 rings (SSSR count). The minimum atomic E-state index is -0.153. The average Bonchev–Trinajstić information content (AvgIpc) is 3.10. The second-order valence-electron chi connectivity index (χ2n) is 6.49. The number of likely N-dealkylation sites (tertiary alicyclic amines) is 1. The maximum absolute atomic E-state index is 12.5. The first-order chi connectivity index (χ1) is 13.1. The Morgan fingerprint density at radius 3 is 2.59 bits per heavy atom. The summed E-state index contributed by atoms with van der Waals surface area (Å²) in [5.41, 5.74) is 2.46. The maximum atomic E-state index is 12.5. The number of carbonyl (C=O) groups is 2. The molecule has 0 aromatic heterocycles. The molecule has 0 spiro atoms. The summed E-state index contributed by atoms with van der Waals surface area (Å²) in [4.78, 5) is 26.1. The fourth-order valence-corrected chi connectivity index (χ4v) is 3.18. The van der Waals surface area contributed by atoms with Crippen LogP contribution in [0.4, 0.5) is 0 Å². The Labute approximate surface area is 159 Å². The zero-order chi connectivity index (χ0) is 19.2. The van der Waals surface area contributed by atoms with Crippen molar-refractivity contribution in [3.8, 4) is 11.5 Å². The van der Waals surface area contributed by atoms with Crippen molar-refractivity contribution in [3.63, 3.8) is 0 Å². The molecule has 6 heteroatoms. The van der Waals surface area contributed by atoms with Crippen LogP contribution in [-0.4, -0.2) is 37.5 Å². The quantitative estimate of drug-likeness (QED) is 0.816. The highest BCUT2D eigenvalue weighted by atomic mass is 16.5. The summed E-state index contributed by atoms with van der Waals surface area (Å²) in [6.07, 6.45) is 1.52. The Hall–Kier alpha value is -3.02. The molecule has 2 aromatic carbocycles. The molecule has 2 amide bonds. The smallest absolute Gasteiger partial charge is 0.251 e. The van der Waals surface area contributed by atoms with Gasteiger partial charge in [0.25, 0.3) is 5.91 Å². The number of carbonyl (C=O) groups excluding carboxylic acids is 2. The first kappa shape index (κ1) is 18.8. The number of amides is 2. The number of hydrogen-bond acceptors (Lipinski definition) is 4. The van der Waals surface area contributed by atoms with Gasteiger partial charge in [-0.05, 0) is 41.8 Å². The molecule has 1 fully saturated rings. The lowest BCUT2D eigenvalue weighted by atomic mass is 10.1. The number of hydrogen-bond donors (Lipinski definition) is 1. The molecule has 0 unspecified atom stereocenters. The second kappa shape index (κ2) is 8.58. The lowest BCUT2D eigenvalue weighted by Gasteiger charge is -2.16. The Morgan fingerprint density at radius 2 is 1.89 bits per heavy atom. The van der Waals surface area contributed by atoms with Gasteiger partial charge < -0.3 is 19.7 Å². The van der Waals surface area contributed by atoms with Crippen LogP contribution in [0.15, 0.2) is 42.5 Å². The molecule has 2 aromatic rings. The molecule has 1 aliphatic heterocycles. The maximum Gasteiger partial charge on any atom is 0.251 e. The number of benzene rings is 2. The van der Waals surface area contributed by atoms with Gasteiger partial charge in [-0.15, -0.1) is 0 Å². The van der Waals surface area contributed by atoms with E-state index >= 15 is 0 Å². The summed E-state index contributed by atoms with van der Waals surface area (Å²) >= 11 is 0. The van der Waals surface area contributed by atoms with E-state index in [1.165, 1.54) is 0 Å². The van der Waals surface area contributed by atoms with Crippen LogP contribution in [0.3, 0.4) is 0 Å². The molecule has 0 atom stereocenters. The highest BCUT2D eigenvalue weighted by molar-refractivity contribution is 5.94. The van der Waals surface area contributed by atoms with Gasteiger partial charge in [0, 0.05) is 31.6 Å². The molecule has 6 nitrogen and oxygen atoms in total. The van der Waals surface area contributed by atoms with Crippen molar-refractivity contribution in [1.29, 1.82) is 0 Å². The fourth-order valence-electron chi connectivity index (χ4n) is 3.18. The largest absolute Gasteiger partial charge is 0.493 e. The van der Waals surface area contributed by atoms with Crippen LogP contribution >= 0.6 is 0 Å². The average molecular weight is 368 g/mol. The SMILES string of the molecule is COc1ccc(CNC(=O)c2cccc(CN3CCCC3=O)c2)cc1OC. The molecule has 0 bridgehead atoms. The van der Waals surface area contributed by atoms with Crippen LogP contribution in [0.5, 0.6) is 11.5 Å². The van der Waals surface area contributed by atoms with Crippen LogP contribution < -0.4 is 14.8 Å². The number of ether oxygens (including phenoxy) is 2. The molecule has 1 heterocycles. The van der Waals surface area contributed by atoms with Crippen molar-refractivity contribution in [2.24, 2.45) is 0 Å². The van der Waals surface area contributed by atoms with Crippen LogP contribution in [-0.2, 0) is 17.9 Å². The van der Waals surface area contributed by atoms with E-state index in [0.29, 0.717) is 36.6 Å². The van der Waals surface area contributed by atoms with E-state index in [1.807, 2.05) is 41.3 Å². The van der Waals surface area contributed by atoms with E-state index in [1.54, 1.807) is 20.3 Å². The van der Waals surface area contributed by atoms with Crippen molar-refractivity contribution < 1.29 is 19.1 Å². The van der Waals surface area contributed by atoms with Gasteiger partial charge in [0.15, 0.2) is 11.5 Å². The Kier molecular flexibility index (Phi) is 5.96. The van der Waals surface area contributed by atoms with E-state index in [2.05, 4.69) is 5.32 Å². The first-order valence-corrected chi connectivity index (χ1v) is 8.96. The summed E-state index contributed by atoms with van der Waals surface area (Å²) in [5.74, 6) is 1.30. The number of nitrogens with one attached hydrogen (secondary N) is 1. The van der Waals surface area contributed by atoms with E-state index < -0.39 is 0 Å². The third-order valence-electron chi connectivity index (χ3n) is 4.64. The van der Waals surface area contributed by atoms with Gasteiger partial charge in [0.2, 0.25) is 5.91 Å². The van der Waals surface area contributed by atoms with Crippen LogP contribution in [0.1, 0.15) is 34.3 Å². The van der Waals surface area contributed by atoms with Crippen LogP contribution in [0.2, 0.25) is 0 Å². The van der Waals surface area contributed by atoms with Gasteiger partial charge in [-0.3, -0.25) is 9.59 Å². The lowest BCUT2D eigenvalue weighted by Crippen LogP contribution is -2.25. The second-order valence-corrected chi connectivity index (χ2v) is 6.49. The standard InChI is InChI=1S/C21H24N2O4/c1-26-18-9-8-15(12-19(18)27-2)13-22-21(25)17-6-3-5-16(11-17)14-23-10-4-7-20(23)24/h3,5-6,8-9,11-12H,4,7,10,13-14H2,1-2H3,(H,22,25). The fraction of sp³-hybridized carbons (Fsp3) is 0.333. The van der Waals surface area contributed by atoms with Gasteiger partial charge in [0.05, 0.1) is 14.2 Å². The molecule has 1 aliphatic rings. The third-order valence-corrected chi connectivity index (χ3v) is 4.64. The molecular formula is C21H24N2O4. The molecule has 0 saturated carbocycles. The van der Waals surface area contributed by atoms with Crippen molar-refractivity contribution in [1.82, 2.24) is 10.2 Å². The summed E-state index contributed by atoms with van der Waals surface area (Å²) in [5, 5.41) is 2.92. The molecule has 27 heavy (non-hydrogen) atoms. The van der Waals surface area contributed by atoms with Gasteiger partial charge in [-0.2, -0.15) is 0 Å². The molecule has 142 valence electrons. The van der Waals surface area contributed by atoms with E-state index in [9.17, 15) is 9.59 Å². The van der Waals surface area contributed by atoms with Crippen LogP contribution in [0.25, 0.3) is 0 Å². The van der Waals surface area contributed by atoms with Gasteiger partial charge in [0.1, 0.15) is 0 Å². The van der Waals surface area contributed by atoms with Gasteiger partial charge in [-0.25, -0.2) is 0 Å². The topological polar surface area (TPSA) is 67.9 Å². The number of methoxy groups -OCH3 is 2. The highest BCUT2D eigenvalue weighted by Crippen LogP contribution is 2.27. The zero-order valence-corrected chi connectivity index (χ0v) is 15.7. The lowest BCUT2D eigenvalue weighted by molar-refractivity contribution is -0.128. The molecule has 1 saturated heterocycles. The van der Waals surface area contributed by atoms with Gasteiger partial charge >= 0.3 is 0 Å². The van der Waals surface area contributed by atoms with Crippen LogP contribution in [0, 0.1) is 0 Å². The minimum Gasteiger partial charge on any atom is -0.493 e. The molecule has 1 N–H and O–H groups in total. The number of nitrogens with zero attached hydrogens (tertiary/aromatic N) is 1. The Bertz CT molecular complexity index is 835. The molecule has 0 aliphatic carbocycles. The predicted octanol–water partition coefficient (Wildman–Crippen LogP) is 2.76. The summed E-state index contributed by atoms with van der Waals surface area (Å²) in [7, 11) is 3.17. The van der Waals surface area contributed by atoms with Crippen molar-refractivity contribution in [2.75, 3.05) is 20.8 Å². The number of rotatable bonds is 7. The van der Waals surface area contributed by atoms with E-state index in [-0.39, 0.29) is 11.8 Å². The first-order valence-electron chi connectivity index (χ1n) is 8.96. The van der Waals surface area contributed by atoms with Gasteiger partial charge in [-0.1, -0.05) is 18.2 Å². The third kappa shape index (κ3) is 4.58. The molecule has 0 radical (unpaired) electrons. The summed E-state index contributed by atoms with van der Waals surface area (Å²) < 4.78 is 10.5. The zero-order valence-electron chi connectivity index (χ0n) is 15.7. The van der Waals surface area contributed by atoms with Crippen molar-refractivity contribution >= 4 is 11.8 Å². The minimum absolute atomic E-state index is 0.153. The Morgan fingerprint density at radius 1 is 1.07 bits per heavy atom. The van der Waals surface area contributed by atoms with Crippen molar-refractivity contribution in [2.45, 2.75) is 25.9 Å². The Balaban J connectivity index is 1.62. The van der Waals surface area contributed by atoms with Crippen molar-refractivity contribution in [3.05, 3.63) is 59.2 Å².